The van der Waals surface area contributed by atoms with Gasteiger partial charge in [0.05, 0.1) is 22.7 Å². The van der Waals surface area contributed by atoms with Crippen LogP contribution in [0.25, 0.3) is 11.0 Å². The van der Waals surface area contributed by atoms with Crippen molar-refractivity contribution in [2.75, 3.05) is 0 Å². The zero-order valence-electron chi connectivity index (χ0n) is 9.27. The van der Waals surface area contributed by atoms with Crippen LogP contribution in [0.3, 0.4) is 0 Å². The van der Waals surface area contributed by atoms with Crippen LogP contribution in [0.4, 0.5) is 0 Å². The molecule has 0 atom stereocenters. The van der Waals surface area contributed by atoms with E-state index in [2.05, 4.69) is 22.7 Å². The average molecular weight is 211 g/mol. The maximum atomic E-state index is 8.84. The monoisotopic (exact) mass is 211 g/mol. The molecule has 3 heteroatoms. The quantitative estimate of drug-likeness (QED) is 0.765. The summed E-state index contributed by atoms with van der Waals surface area (Å²) in [7, 11) is 2.05. The van der Waals surface area contributed by atoms with Gasteiger partial charge in [0.15, 0.2) is 0 Å². The van der Waals surface area contributed by atoms with Crippen LogP contribution in [-0.2, 0) is 13.5 Å². The molecule has 1 aliphatic rings. The van der Waals surface area contributed by atoms with Gasteiger partial charge >= 0.3 is 0 Å². The van der Waals surface area contributed by atoms with Gasteiger partial charge in [-0.1, -0.05) is 0 Å². The molecule has 1 aliphatic carbocycles. The summed E-state index contributed by atoms with van der Waals surface area (Å²) >= 11 is 0. The molecule has 0 unspecified atom stereocenters. The van der Waals surface area contributed by atoms with Crippen molar-refractivity contribution < 1.29 is 0 Å². The van der Waals surface area contributed by atoms with E-state index >= 15 is 0 Å². The van der Waals surface area contributed by atoms with Gasteiger partial charge in [0.1, 0.15) is 5.82 Å². The fraction of sp³-hybridized carbons (Fsp3) is 0.385. The Morgan fingerprint density at radius 2 is 2.31 bits per heavy atom. The van der Waals surface area contributed by atoms with Gasteiger partial charge in [0.2, 0.25) is 0 Å². The van der Waals surface area contributed by atoms with Gasteiger partial charge in [-0.3, -0.25) is 0 Å². The number of aryl methyl sites for hydroxylation is 1. The van der Waals surface area contributed by atoms with E-state index in [1.165, 1.54) is 12.8 Å². The maximum absolute atomic E-state index is 8.84. The third-order valence-corrected chi connectivity index (χ3v) is 3.27. The lowest BCUT2D eigenvalue weighted by Gasteiger charge is -1.99. The molecule has 0 spiro atoms. The first kappa shape index (κ1) is 9.41. The smallest absolute Gasteiger partial charge is 0.109 e. The number of hydrogen-bond donors (Lipinski definition) is 0. The van der Waals surface area contributed by atoms with E-state index in [-0.39, 0.29) is 0 Å². The van der Waals surface area contributed by atoms with Gasteiger partial charge in [-0.15, -0.1) is 0 Å². The van der Waals surface area contributed by atoms with Crippen LogP contribution in [0.2, 0.25) is 0 Å². The van der Waals surface area contributed by atoms with Gasteiger partial charge in [-0.2, -0.15) is 5.26 Å². The highest BCUT2D eigenvalue weighted by molar-refractivity contribution is 5.77. The van der Waals surface area contributed by atoms with Crippen molar-refractivity contribution in [1.82, 2.24) is 9.55 Å². The predicted octanol–water partition coefficient (Wildman–Crippen LogP) is 2.40. The Morgan fingerprint density at radius 3 is 3.00 bits per heavy atom. The number of imidazole rings is 1. The van der Waals surface area contributed by atoms with Crippen molar-refractivity contribution in [2.45, 2.75) is 19.3 Å². The molecule has 2 aromatic rings. The van der Waals surface area contributed by atoms with E-state index < -0.39 is 0 Å². The second-order valence-electron chi connectivity index (χ2n) is 4.55. The van der Waals surface area contributed by atoms with E-state index in [1.54, 1.807) is 0 Å². The molecule has 0 radical (unpaired) electrons. The highest BCUT2D eigenvalue weighted by Crippen LogP contribution is 2.32. The minimum atomic E-state index is 0.684. The first-order chi connectivity index (χ1) is 7.78. The maximum Gasteiger partial charge on any atom is 0.109 e. The molecule has 1 saturated carbocycles. The number of hydrogen-bond acceptors (Lipinski definition) is 2. The zero-order valence-corrected chi connectivity index (χ0v) is 9.27. The van der Waals surface area contributed by atoms with Crippen LogP contribution in [0, 0.1) is 17.2 Å². The van der Waals surface area contributed by atoms with Crippen LogP contribution in [-0.4, -0.2) is 9.55 Å². The number of fused-ring (bicyclic) bond motifs is 1. The van der Waals surface area contributed by atoms with Crippen LogP contribution in [0.5, 0.6) is 0 Å². The highest BCUT2D eigenvalue weighted by Gasteiger charge is 2.24. The lowest BCUT2D eigenvalue weighted by molar-refractivity contribution is 0.727. The second-order valence-corrected chi connectivity index (χ2v) is 4.55. The van der Waals surface area contributed by atoms with Crippen molar-refractivity contribution in [3.05, 3.63) is 29.6 Å². The van der Waals surface area contributed by atoms with Gasteiger partial charge in [0, 0.05) is 13.5 Å². The molecule has 80 valence electrons. The minimum Gasteiger partial charge on any atom is -0.331 e. The van der Waals surface area contributed by atoms with Crippen molar-refractivity contribution in [2.24, 2.45) is 13.0 Å². The van der Waals surface area contributed by atoms with Crippen molar-refractivity contribution in [3.63, 3.8) is 0 Å². The Kier molecular flexibility index (Phi) is 1.97. The molecule has 1 aromatic heterocycles. The number of nitrogens with zero attached hydrogens (tertiary/aromatic N) is 3. The van der Waals surface area contributed by atoms with Crippen molar-refractivity contribution in [3.8, 4) is 6.07 Å². The Balaban J connectivity index is 2.10. The Hall–Kier alpha value is -1.82. The molecule has 1 fully saturated rings. The molecule has 3 nitrogen and oxygen atoms in total. The van der Waals surface area contributed by atoms with Gasteiger partial charge in [-0.05, 0) is 37.0 Å². The van der Waals surface area contributed by atoms with Crippen molar-refractivity contribution in [1.29, 1.82) is 5.26 Å². The molecule has 1 aromatic carbocycles. The molecule has 1 heterocycles. The van der Waals surface area contributed by atoms with E-state index in [9.17, 15) is 0 Å². The molecule has 0 saturated heterocycles. The van der Waals surface area contributed by atoms with Crippen LogP contribution in [0.1, 0.15) is 24.2 Å². The molecule has 0 bridgehead atoms. The molecule has 0 N–H and O–H groups in total. The minimum absolute atomic E-state index is 0.684. The molecule has 16 heavy (non-hydrogen) atoms. The predicted molar refractivity (Wildman–Crippen MR) is 61.9 cm³/mol. The first-order valence-electron chi connectivity index (χ1n) is 5.63. The molecule has 0 amide bonds. The average Bonchev–Trinajstić information content (AvgIpc) is 3.05. The summed E-state index contributed by atoms with van der Waals surface area (Å²) < 4.78 is 2.15. The molecular formula is C13H13N3. The third-order valence-electron chi connectivity index (χ3n) is 3.27. The van der Waals surface area contributed by atoms with E-state index in [0.29, 0.717) is 5.56 Å². The van der Waals surface area contributed by atoms with E-state index in [0.717, 1.165) is 29.2 Å². The van der Waals surface area contributed by atoms with Gasteiger partial charge in [0.25, 0.3) is 0 Å². The molecule has 3 rings (SSSR count). The Labute approximate surface area is 94.3 Å². The zero-order chi connectivity index (χ0) is 11.1. The third kappa shape index (κ3) is 1.47. The SMILES string of the molecule is Cn1c(CC2CC2)nc2cc(C#N)ccc21. The lowest BCUT2D eigenvalue weighted by atomic mass is 10.2. The fourth-order valence-corrected chi connectivity index (χ4v) is 2.08. The standard InChI is InChI=1S/C13H13N3/c1-16-12-5-4-10(8-14)6-11(12)15-13(16)7-9-2-3-9/h4-6,9H,2-3,7H2,1H3. The Bertz CT molecular complexity index is 585. The lowest BCUT2D eigenvalue weighted by Crippen LogP contribution is -1.98. The normalized spacial score (nSPS) is 15.2. The number of benzene rings is 1. The molecular weight excluding hydrogens is 198 g/mol. The largest absolute Gasteiger partial charge is 0.331 e. The molecule has 0 aliphatic heterocycles. The summed E-state index contributed by atoms with van der Waals surface area (Å²) in [6, 6.07) is 7.85. The highest BCUT2D eigenvalue weighted by atomic mass is 15.1. The topological polar surface area (TPSA) is 41.6 Å². The summed E-state index contributed by atoms with van der Waals surface area (Å²) in [6.45, 7) is 0. The Morgan fingerprint density at radius 1 is 1.50 bits per heavy atom. The van der Waals surface area contributed by atoms with Crippen LogP contribution < -0.4 is 0 Å². The van der Waals surface area contributed by atoms with Crippen LogP contribution >= 0.6 is 0 Å². The fourth-order valence-electron chi connectivity index (χ4n) is 2.08. The number of aromatic nitrogens is 2. The summed E-state index contributed by atoms with van der Waals surface area (Å²) in [5, 5.41) is 8.84. The summed E-state index contributed by atoms with van der Waals surface area (Å²) in [5.41, 5.74) is 2.75. The number of nitriles is 1. The van der Waals surface area contributed by atoms with Gasteiger partial charge < -0.3 is 4.57 Å². The first-order valence-corrected chi connectivity index (χ1v) is 5.63. The summed E-state index contributed by atoms with van der Waals surface area (Å²) in [5.74, 6) is 1.98. The second kappa shape index (κ2) is 3.34. The number of rotatable bonds is 2. The van der Waals surface area contributed by atoms with E-state index in [4.69, 9.17) is 5.26 Å². The van der Waals surface area contributed by atoms with Crippen LogP contribution in [0.15, 0.2) is 18.2 Å². The summed E-state index contributed by atoms with van der Waals surface area (Å²) in [4.78, 5) is 4.61. The van der Waals surface area contributed by atoms with E-state index in [1.807, 2.05) is 18.2 Å². The van der Waals surface area contributed by atoms with Gasteiger partial charge in [-0.25, -0.2) is 4.98 Å². The summed E-state index contributed by atoms with van der Waals surface area (Å²) in [6.07, 6.45) is 3.76. The van der Waals surface area contributed by atoms with Crippen molar-refractivity contribution >= 4 is 11.0 Å².